The number of rotatable bonds is 7. The molecular weight excluding hydrogens is 495 g/mol. The van der Waals surface area contributed by atoms with Crippen molar-refractivity contribution in [2.24, 2.45) is 4.99 Å². The van der Waals surface area contributed by atoms with Gasteiger partial charge in [0.1, 0.15) is 5.76 Å². The molecule has 1 N–H and O–H groups in total. The molecule has 0 saturated carbocycles. The standard InChI is InChI=1S/C22H38N4O3.HI/c1-5-23-22(24-14-16(2)21-17(3)25-29-18(21)4)26-11-9-19(10-12-26)28-15-20-8-6-7-13-27-20;/h16,19-20H,5-15H2,1-4H3,(H,23,24);1H. The highest BCUT2D eigenvalue weighted by molar-refractivity contribution is 14.0. The molecule has 2 fully saturated rings. The van der Waals surface area contributed by atoms with Gasteiger partial charge in [0.05, 0.1) is 24.5 Å². The second-order valence-corrected chi connectivity index (χ2v) is 8.34. The van der Waals surface area contributed by atoms with Gasteiger partial charge in [0.25, 0.3) is 0 Å². The van der Waals surface area contributed by atoms with Crippen LogP contribution in [0, 0.1) is 13.8 Å². The van der Waals surface area contributed by atoms with Gasteiger partial charge in [0.15, 0.2) is 5.96 Å². The highest BCUT2D eigenvalue weighted by Gasteiger charge is 2.24. The zero-order chi connectivity index (χ0) is 20.6. The summed E-state index contributed by atoms with van der Waals surface area (Å²) in [5.74, 6) is 2.18. The average molecular weight is 534 g/mol. The van der Waals surface area contributed by atoms with Crippen LogP contribution in [-0.2, 0) is 9.47 Å². The largest absolute Gasteiger partial charge is 0.376 e. The number of piperidine rings is 1. The van der Waals surface area contributed by atoms with Gasteiger partial charge >= 0.3 is 0 Å². The summed E-state index contributed by atoms with van der Waals surface area (Å²) in [6.45, 7) is 13.5. The van der Waals surface area contributed by atoms with E-state index < -0.39 is 0 Å². The first kappa shape index (κ1) is 25.4. The van der Waals surface area contributed by atoms with E-state index in [1.165, 1.54) is 18.4 Å². The van der Waals surface area contributed by atoms with Gasteiger partial charge in [0.2, 0.25) is 0 Å². The van der Waals surface area contributed by atoms with E-state index in [1.807, 2.05) is 13.8 Å². The molecule has 8 heteroatoms. The number of aryl methyl sites for hydroxylation is 2. The third-order valence-electron chi connectivity index (χ3n) is 5.96. The lowest BCUT2D eigenvalue weighted by atomic mass is 10.00. The minimum atomic E-state index is 0. The van der Waals surface area contributed by atoms with Crippen LogP contribution in [-0.4, -0.2) is 67.6 Å². The van der Waals surface area contributed by atoms with Crippen LogP contribution in [0.1, 0.15) is 68.9 Å². The van der Waals surface area contributed by atoms with Crippen LogP contribution in [0.2, 0.25) is 0 Å². The number of aromatic nitrogens is 1. The number of halogens is 1. The quantitative estimate of drug-likeness (QED) is 0.324. The van der Waals surface area contributed by atoms with Crippen molar-refractivity contribution in [1.29, 1.82) is 0 Å². The summed E-state index contributed by atoms with van der Waals surface area (Å²) in [4.78, 5) is 7.28. The van der Waals surface area contributed by atoms with Crippen molar-refractivity contribution in [3.8, 4) is 0 Å². The molecule has 0 bridgehead atoms. The van der Waals surface area contributed by atoms with E-state index in [9.17, 15) is 0 Å². The molecule has 2 saturated heterocycles. The molecule has 0 spiro atoms. The maximum atomic E-state index is 6.15. The second-order valence-electron chi connectivity index (χ2n) is 8.34. The minimum absolute atomic E-state index is 0. The predicted molar refractivity (Wildman–Crippen MR) is 130 cm³/mol. The molecule has 0 aliphatic carbocycles. The molecule has 1 aromatic rings. The van der Waals surface area contributed by atoms with E-state index in [2.05, 4.69) is 29.2 Å². The number of hydrogen-bond acceptors (Lipinski definition) is 5. The molecule has 0 radical (unpaired) electrons. The molecule has 2 atom stereocenters. The molecule has 172 valence electrons. The van der Waals surface area contributed by atoms with Crippen molar-refractivity contribution in [2.45, 2.75) is 77.9 Å². The Morgan fingerprint density at radius 1 is 1.27 bits per heavy atom. The van der Waals surface area contributed by atoms with Crippen LogP contribution in [0.3, 0.4) is 0 Å². The van der Waals surface area contributed by atoms with Crippen LogP contribution < -0.4 is 5.32 Å². The summed E-state index contributed by atoms with van der Waals surface area (Å²) >= 11 is 0. The van der Waals surface area contributed by atoms with Crippen molar-refractivity contribution in [2.75, 3.05) is 39.4 Å². The summed E-state index contributed by atoms with van der Waals surface area (Å²) in [6.07, 6.45) is 6.30. The van der Waals surface area contributed by atoms with Crippen LogP contribution >= 0.6 is 24.0 Å². The molecule has 0 aromatic carbocycles. The van der Waals surface area contributed by atoms with Crippen LogP contribution in [0.4, 0.5) is 0 Å². The van der Waals surface area contributed by atoms with E-state index in [-0.39, 0.29) is 29.9 Å². The van der Waals surface area contributed by atoms with Gasteiger partial charge in [-0.25, -0.2) is 0 Å². The van der Waals surface area contributed by atoms with E-state index in [0.29, 0.717) is 12.2 Å². The lowest BCUT2D eigenvalue weighted by Gasteiger charge is -2.35. The Bertz CT molecular complexity index is 633. The van der Waals surface area contributed by atoms with E-state index in [1.54, 1.807) is 0 Å². The number of hydrogen-bond donors (Lipinski definition) is 1. The van der Waals surface area contributed by atoms with Gasteiger partial charge in [-0.1, -0.05) is 12.1 Å². The van der Waals surface area contributed by atoms with Gasteiger partial charge in [0, 0.05) is 44.3 Å². The fourth-order valence-electron chi connectivity index (χ4n) is 4.35. The van der Waals surface area contributed by atoms with E-state index in [0.717, 1.165) is 76.1 Å². The normalized spacial score (nSPS) is 21.9. The van der Waals surface area contributed by atoms with Crippen molar-refractivity contribution < 1.29 is 14.0 Å². The molecule has 3 rings (SSSR count). The number of ether oxygens (including phenoxy) is 2. The molecular formula is C22H39IN4O3. The number of aliphatic imine (C=N–C) groups is 1. The van der Waals surface area contributed by atoms with Gasteiger partial charge in [-0.3, -0.25) is 4.99 Å². The Morgan fingerprint density at radius 2 is 2.03 bits per heavy atom. The SMILES string of the molecule is CCNC(=NCC(C)c1c(C)noc1C)N1CCC(OCC2CCCCO2)CC1.I. The number of likely N-dealkylation sites (tertiary alicyclic amines) is 1. The third kappa shape index (κ3) is 7.09. The summed E-state index contributed by atoms with van der Waals surface area (Å²) in [6, 6.07) is 0. The second kappa shape index (κ2) is 12.9. The lowest BCUT2D eigenvalue weighted by Crippen LogP contribution is -2.47. The Morgan fingerprint density at radius 3 is 2.63 bits per heavy atom. The Labute approximate surface area is 198 Å². The number of nitrogens with zero attached hydrogens (tertiary/aromatic N) is 3. The maximum absolute atomic E-state index is 6.15. The Hall–Kier alpha value is -0.870. The van der Waals surface area contributed by atoms with Gasteiger partial charge < -0.3 is 24.2 Å². The van der Waals surface area contributed by atoms with Gasteiger partial charge in [-0.05, 0) is 52.9 Å². The van der Waals surface area contributed by atoms with Gasteiger partial charge in [-0.2, -0.15) is 0 Å². The number of guanidine groups is 1. The molecule has 0 amide bonds. The molecule has 7 nitrogen and oxygen atoms in total. The van der Waals surface area contributed by atoms with Crippen LogP contribution in [0.25, 0.3) is 0 Å². The Kier molecular flexibility index (Phi) is 10.9. The molecule has 3 heterocycles. The highest BCUT2D eigenvalue weighted by atomic mass is 127. The molecule has 2 aliphatic rings. The third-order valence-corrected chi connectivity index (χ3v) is 5.96. The van der Waals surface area contributed by atoms with Crippen molar-refractivity contribution in [1.82, 2.24) is 15.4 Å². The fourth-order valence-corrected chi connectivity index (χ4v) is 4.35. The maximum Gasteiger partial charge on any atom is 0.193 e. The summed E-state index contributed by atoms with van der Waals surface area (Å²) in [7, 11) is 0. The van der Waals surface area contributed by atoms with Gasteiger partial charge in [-0.15, -0.1) is 24.0 Å². The Balaban J connectivity index is 0.00000320. The number of nitrogens with one attached hydrogen (secondary N) is 1. The summed E-state index contributed by atoms with van der Waals surface area (Å²) < 4.78 is 17.3. The highest BCUT2D eigenvalue weighted by Crippen LogP contribution is 2.23. The van der Waals surface area contributed by atoms with Crippen LogP contribution in [0.15, 0.2) is 9.52 Å². The predicted octanol–water partition coefficient (Wildman–Crippen LogP) is 4.03. The zero-order valence-corrected chi connectivity index (χ0v) is 21.3. The van der Waals surface area contributed by atoms with Crippen LogP contribution in [0.5, 0.6) is 0 Å². The monoisotopic (exact) mass is 534 g/mol. The molecule has 30 heavy (non-hydrogen) atoms. The topological polar surface area (TPSA) is 72.1 Å². The zero-order valence-electron chi connectivity index (χ0n) is 19.0. The first-order valence-electron chi connectivity index (χ1n) is 11.3. The van der Waals surface area contributed by atoms with Crippen molar-refractivity contribution in [3.05, 3.63) is 17.0 Å². The summed E-state index contributed by atoms with van der Waals surface area (Å²) in [5, 5.41) is 7.53. The summed E-state index contributed by atoms with van der Waals surface area (Å²) in [5.41, 5.74) is 2.15. The molecule has 2 aliphatic heterocycles. The molecule has 1 aromatic heterocycles. The van der Waals surface area contributed by atoms with Crippen molar-refractivity contribution in [3.63, 3.8) is 0 Å². The first-order valence-corrected chi connectivity index (χ1v) is 11.3. The fraction of sp³-hybridized carbons (Fsp3) is 0.818. The lowest BCUT2D eigenvalue weighted by molar-refractivity contribution is -0.0721. The first-order chi connectivity index (χ1) is 14.1. The average Bonchev–Trinajstić information content (AvgIpc) is 3.08. The van der Waals surface area contributed by atoms with Crippen molar-refractivity contribution >= 4 is 29.9 Å². The van der Waals surface area contributed by atoms with E-state index in [4.69, 9.17) is 19.0 Å². The smallest absolute Gasteiger partial charge is 0.193 e. The molecule has 2 unspecified atom stereocenters. The minimum Gasteiger partial charge on any atom is -0.376 e. The van der Waals surface area contributed by atoms with E-state index >= 15 is 0 Å².